The quantitative estimate of drug-likeness (QED) is 0.645. The average Bonchev–Trinajstić information content (AvgIpc) is 2.95. The lowest BCUT2D eigenvalue weighted by Gasteiger charge is -2.22. The van der Waals surface area contributed by atoms with Gasteiger partial charge in [0.05, 0.1) is 17.6 Å². The molecule has 2 aromatic rings. The SMILES string of the molecule is C=CCc1ccc(C)cc1S(=O)(=O)N1CCCC(OCc2ccccc2)CC1. The van der Waals surface area contributed by atoms with Gasteiger partial charge in [-0.1, -0.05) is 48.5 Å². The highest BCUT2D eigenvalue weighted by Crippen LogP contribution is 2.26. The highest BCUT2D eigenvalue weighted by Gasteiger charge is 2.29. The second-order valence-electron chi connectivity index (χ2n) is 7.36. The van der Waals surface area contributed by atoms with Gasteiger partial charge in [-0.2, -0.15) is 4.31 Å². The molecule has 0 spiro atoms. The Morgan fingerprint density at radius 1 is 1.14 bits per heavy atom. The van der Waals surface area contributed by atoms with Crippen LogP contribution in [0.3, 0.4) is 0 Å². The molecule has 0 radical (unpaired) electrons. The first-order valence-corrected chi connectivity index (χ1v) is 11.3. The number of ether oxygens (including phenoxy) is 1. The minimum absolute atomic E-state index is 0.0885. The van der Waals surface area contributed by atoms with Gasteiger partial charge in [-0.05, 0) is 55.4 Å². The van der Waals surface area contributed by atoms with E-state index in [1.54, 1.807) is 16.4 Å². The zero-order valence-corrected chi connectivity index (χ0v) is 17.3. The van der Waals surface area contributed by atoms with E-state index in [0.29, 0.717) is 37.4 Å². The molecule has 0 bridgehead atoms. The van der Waals surface area contributed by atoms with Gasteiger partial charge in [0.2, 0.25) is 10.0 Å². The van der Waals surface area contributed by atoms with Gasteiger partial charge in [0.15, 0.2) is 0 Å². The molecule has 1 saturated heterocycles. The van der Waals surface area contributed by atoms with Crippen LogP contribution in [0.15, 0.2) is 66.1 Å². The normalized spacial score (nSPS) is 18.5. The maximum Gasteiger partial charge on any atom is 0.243 e. The Balaban J connectivity index is 1.69. The molecule has 5 heteroatoms. The highest BCUT2D eigenvalue weighted by molar-refractivity contribution is 7.89. The molecule has 1 fully saturated rings. The van der Waals surface area contributed by atoms with Crippen LogP contribution in [0, 0.1) is 6.92 Å². The van der Waals surface area contributed by atoms with Crippen LogP contribution in [0.1, 0.15) is 36.0 Å². The van der Waals surface area contributed by atoms with Gasteiger partial charge in [-0.15, -0.1) is 6.58 Å². The molecule has 0 aromatic heterocycles. The van der Waals surface area contributed by atoms with Gasteiger partial charge in [-0.3, -0.25) is 0 Å². The summed E-state index contributed by atoms with van der Waals surface area (Å²) in [5.74, 6) is 0. The first-order valence-electron chi connectivity index (χ1n) is 9.87. The molecule has 1 atom stereocenters. The van der Waals surface area contributed by atoms with Crippen molar-refractivity contribution in [2.24, 2.45) is 0 Å². The molecular formula is C23H29NO3S. The summed E-state index contributed by atoms with van der Waals surface area (Å²) >= 11 is 0. The van der Waals surface area contributed by atoms with Crippen LogP contribution in [0.5, 0.6) is 0 Å². The third-order valence-corrected chi connectivity index (χ3v) is 7.15. The highest BCUT2D eigenvalue weighted by atomic mass is 32.2. The van der Waals surface area contributed by atoms with Crippen LogP contribution in [-0.4, -0.2) is 31.9 Å². The molecule has 1 heterocycles. The number of benzene rings is 2. The van der Waals surface area contributed by atoms with Gasteiger partial charge in [0.25, 0.3) is 0 Å². The average molecular weight is 400 g/mol. The van der Waals surface area contributed by atoms with E-state index in [2.05, 4.69) is 6.58 Å². The maximum absolute atomic E-state index is 13.3. The molecule has 0 aliphatic carbocycles. The lowest BCUT2D eigenvalue weighted by molar-refractivity contribution is 0.0323. The predicted molar refractivity (Wildman–Crippen MR) is 113 cm³/mol. The Bertz CT molecular complexity index is 893. The molecule has 1 aliphatic rings. The Morgan fingerprint density at radius 3 is 2.68 bits per heavy atom. The van der Waals surface area contributed by atoms with Crippen LogP contribution in [0.25, 0.3) is 0 Å². The summed E-state index contributed by atoms with van der Waals surface area (Å²) in [4.78, 5) is 0.413. The number of nitrogens with zero attached hydrogens (tertiary/aromatic N) is 1. The number of rotatable bonds is 7. The molecule has 3 rings (SSSR count). The second-order valence-corrected chi connectivity index (χ2v) is 9.26. The number of allylic oxidation sites excluding steroid dienone is 1. The fraction of sp³-hybridized carbons (Fsp3) is 0.391. The van der Waals surface area contributed by atoms with Crippen LogP contribution < -0.4 is 0 Å². The van der Waals surface area contributed by atoms with Crippen molar-refractivity contribution in [1.29, 1.82) is 0 Å². The van der Waals surface area contributed by atoms with Crippen LogP contribution in [0.4, 0.5) is 0 Å². The molecule has 4 nitrogen and oxygen atoms in total. The smallest absolute Gasteiger partial charge is 0.243 e. The topological polar surface area (TPSA) is 46.6 Å². The van der Waals surface area contributed by atoms with E-state index in [4.69, 9.17) is 4.74 Å². The minimum Gasteiger partial charge on any atom is -0.373 e. The van der Waals surface area contributed by atoms with Crippen molar-refractivity contribution in [3.05, 3.63) is 77.9 Å². The maximum atomic E-state index is 13.3. The van der Waals surface area contributed by atoms with Gasteiger partial charge >= 0.3 is 0 Å². The molecule has 150 valence electrons. The summed E-state index contributed by atoms with van der Waals surface area (Å²) in [5.41, 5.74) is 2.90. The summed E-state index contributed by atoms with van der Waals surface area (Å²) in [6, 6.07) is 15.7. The van der Waals surface area contributed by atoms with Crippen molar-refractivity contribution in [2.45, 2.75) is 50.2 Å². The molecule has 0 N–H and O–H groups in total. The molecule has 1 unspecified atom stereocenters. The number of hydrogen-bond donors (Lipinski definition) is 0. The van der Waals surface area contributed by atoms with Crippen molar-refractivity contribution in [3.8, 4) is 0 Å². The van der Waals surface area contributed by atoms with Gasteiger partial charge in [0, 0.05) is 13.1 Å². The molecular weight excluding hydrogens is 370 g/mol. The van der Waals surface area contributed by atoms with Crippen molar-refractivity contribution in [2.75, 3.05) is 13.1 Å². The number of sulfonamides is 1. The van der Waals surface area contributed by atoms with Crippen molar-refractivity contribution < 1.29 is 13.2 Å². The fourth-order valence-corrected chi connectivity index (χ4v) is 5.41. The zero-order chi connectivity index (χ0) is 20.0. The standard InChI is InChI=1S/C23H29NO3S/c1-3-8-21-13-12-19(2)17-23(21)28(25,26)24-15-7-11-22(14-16-24)27-18-20-9-5-4-6-10-20/h3-6,9-10,12-13,17,22H,1,7-8,11,14-16,18H2,2H3. The first kappa shape index (κ1) is 20.8. The van der Waals surface area contributed by atoms with E-state index in [1.165, 1.54) is 0 Å². The van der Waals surface area contributed by atoms with Crippen molar-refractivity contribution in [1.82, 2.24) is 4.31 Å². The first-order chi connectivity index (χ1) is 13.5. The van der Waals surface area contributed by atoms with Crippen LogP contribution in [-0.2, 0) is 27.8 Å². The van der Waals surface area contributed by atoms with Gasteiger partial charge in [0.1, 0.15) is 0 Å². The number of hydrogen-bond acceptors (Lipinski definition) is 3. The zero-order valence-electron chi connectivity index (χ0n) is 16.5. The summed E-state index contributed by atoms with van der Waals surface area (Å²) in [6.45, 7) is 7.28. The van der Waals surface area contributed by atoms with E-state index in [9.17, 15) is 8.42 Å². The Labute approximate surface area is 168 Å². The molecule has 1 aliphatic heterocycles. The van der Waals surface area contributed by atoms with E-state index in [1.807, 2.05) is 49.4 Å². The molecule has 0 amide bonds. The van der Waals surface area contributed by atoms with Crippen LogP contribution in [0.2, 0.25) is 0 Å². The van der Waals surface area contributed by atoms with E-state index in [-0.39, 0.29) is 6.10 Å². The second kappa shape index (κ2) is 9.50. The Hall–Kier alpha value is -1.95. The number of aryl methyl sites for hydroxylation is 1. The summed E-state index contributed by atoms with van der Waals surface area (Å²) in [5, 5.41) is 0. The Kier molecular flexibility index (Phi) is 7.05. The summed E-state index contributed by atoms with van der Waals surface area (Å²) < 4.78 is 34.3. The summed E-state index contributed by atoms with van der Waals surface area (Å²) in [7, 11) is -3.52. The van der Waals surface area contributed by atoms with E-state index < -0.39 is 10.0 Å². The fourth-order valence-electron chi connectivity index (χ4n) is 3.60. The largest absolute Gasteiger partial charge is 0.373 e. The lowest BCUT2D eigenvalue weighted by atomic mass is 10.1. The monoisotopic (exact) mass is 399 g/mol. The van der Waals surface area contributed by atoms with Gasteiger partial charge in [-0.25, -0.2) is 8.42 Å². The summed E-state index contributed by atoms with van der Waals surface area (Å²) in [6.07, 6.45) is 4.79. The lowest BCUT2D eigenvalue weighted by Crippen LogP contribution is -2.33. The van der Waals surface area contributed by atoms with E-state index >= 15 is 0 Å². The molecule has 2 aromatic carbocycles. The molecule has 28 heavy (non-hydrogen) atoms. The third-order valence-electron chi connectivity index (χ3n) is 5.17. The minimum atomic E-state index is -3.52. The molecule has 0 saturated carbocycles. The van der Waals surface area contributed by atoms with Gasteiger partial charge < -0.3 is 4.74 Å². The predicted octanol–water partition coefficient (Wildman–Crippen LogP) is 4.48. The van der Waals surface area contributed by atoms with Crippen LogP contribution >= 0.6 is 0 Å². The van der Waals surface area contributed by atoms with E-state index in [0.717, 1.165) is 29.5 Å². The van der Waals surface area contributed by atoms with Crippen molar-refractivity contribution in [3.63, 3.8) is 0 Å². The third kappa shape index (κ3) is 5.10. The Morgan fingerprint density at radius 2 is 1.93 bits per heavy atom. The van der Waals surface area contributed by atoms with Crippen molar-refractivity contribution >= 4 is 10.0 Å².